The van der Waals surface area contributed by atoms with Gasteiger partial charge >= 0.3 is 0 Å². The second-order valence-electron chi connectivity index (χ2n) is 6.59. The Hall–Kier alpha value is -2.51. The molecule has 1 aromatic heterocycles. The maximum absolute atomic E-state index is 13.4. The number of nitrogens with two attached hydrogens (primary N) is 2. The first kappa shape index (κ1) is 23.2. The minimum atomic E-state index is -1.58. The third-order valence-corrected chi connectivity index (χ3v) is 5.50. The second-order valence-corrected chi connectivity index (χ2v) is 7.76. The number of pyridine rings is 1. The highest BCUT2D eigenvalue weighted by Gasteiger charge is 2.38. The monoisotopic (exact) mass is 458 g/mol. The van der Waals surface area contributed by atoms with Crippen molar-refractivity contribution in [3.63, 3.8) is 0 Å². The van der Waals surface area contributed by atoms with Crippen LogP contribution in [0, 0.1) is 17.5 Å². The number of hydrogen-bond donors (Lipinski definition) is 5. The number of nitrogen functional groups attached to an aromatic ring is 1. The third kappa shape index (κ3) is 5.80. The average Bonchev–Trinajstić information content (AvgIpc) is 2.73. The van der Waals surface area contributed by atoms with Crippen LogP contribution in [-0.2, 0) is 9.47 Å². The molecule has 1 saturated heterocycles. The molecule has 1 aliphatic rings. The zero-order valence-corrected chi connectivity index (χ0v) is 16.9. The van der Waals surface area contributed by atoms with E-state index in [1.807, 2.05) is 0 Å². The molecule has 0 radical (unpaired) electrons. The Morgan fingerprint density at radius 2 is 1.90 bits per heavy atom. The molecule has 0 bridgehead atoms. The number of halogens is 3. The number of aliphatic hydroxyl groups is 2. The Bertz CT molecular complexity index is 929. The first-order valence-corrected chi connectivity index (χ1v) is 9.98. The fourth-order valence-corrected chi connectivity index (χ4v) is 3.87. The Balaban J connectivity index is 1.70. The zero-order valence-electron chi connectivity index (χ0n) is 16.0. The van der Waals surface area contributed by atoms with Gasteiger partial charge in [0.15, 0.2) is 23.7 Å². The summed E-state index contributed by atoms with van der Waals surface area (Å²) in [5.74, 6) is -3.99. The van der Waals surface area contributed by atoms with E-state index in [-0.39, 0.29) is 17.8 Å². The molecular formula is C19H21F3N4O4S. The van der Waals surface area contributed by atoms with Gasteiger partial charge in [-0.3, -0.25) is 0 Å². The minimum Gasteiger partial charge on any atom is -0.397 e. The largest absolute Gasteiger partial charge is 0.397 e. The molecule has 4 unspecified atom stereocenters. The molecule has 168 valence electrons. The van der Waals surface area contributed by atoms with Gasteiger partial charge in [0.2, 0.25) is 0 Å². The van der Waals surface area contributed by atoms with E-state index >= 15 is 0 Å². The number of nitrogens with zero attached hydrogens (tertiary/aromatic N) is 1. The van der Waals surface area contributed by atoms with Crippen molar-refractivity contribution in [2.45, 2.75) is 28.8 Å². The maximum Gasteiger partial charge on any atom is 0.194 e. The van der Waals surface area contributed by atoms with Gasteiger partial charge < -0.3 is 36.5 Å². The van der Waals surface area contributed by atoms with Crippen LogP contribution < -0.4 is 16.8 Å². The van der Waals surface area contributed by atoms with Crippen LogP contribution in [0.2, 0.25) is 0 Å². The molecule has 0 aliphatic carbocycles. The molecule has 2 aromatic rings. The normalized spacial score (nSPS) is 24.2. The van der Waals surface area contributed by atoms with Crippen LogP contribution in [0.15, 0.2) is 41.6 Å². The van der Waals surface area contributed by atoms with E-state index in [2.05, 4.69) is 10.3 Å². The van der Waals surface area contributed by atoms with E-state index in [9.17, 15) is 23.4 Å². The lowest BCUT2D eigenvalue weighted by Crippen LogP contribution is -2.52. The molecule has 8 nitrogen and oxygen atoms in total. The van der Waals surface area contributed by atoms with Gasteiger partial charge in [-0.05, 0) is 24.3 Å². The lowest BCUT2D eigenvalue weighted by molar-refractivity contribution is -0.270. The van der Waals surface area contributed by atoms with E-state index in [1.54, 1.807) is 12.1 Å². The number of aromatic nitrogens is 1. The van der Waals surface area contributed by atoms with Crippen LogP contribution >= 0.6 is 11.8 Å². The summed E-state index contributed by atoms with van der Waals surface area (Å²) in [7, 11) is 0. The van der Waals surface area contributed by atoms with Crippen molar-refractivity contribution < 1.29 is 32.9 Å². The van der Waals surface area contributed by atoms with Crippen molar-refractivity contribution in [3.05, 3.63) is 59.7 Å². The van der Waals surface area contributed by atoms with Crippen molar-refractivity contribution in [2.75, 3.05) is 18.9 Å². The van der Waals surface area contributed by atoms with Crippen LogP contribution in [0.25, 0.3) is 5.70 Å². The SMILES string of the molecule is N/C(=C\NCC1OC(O)C(CO)OC1Sc1ccnc(N)c1)c1cc(F)c(F)c(F)c1. The lowest BCUT2D eigenvalue weighted by Gasteiger charge is -2.38. The number of anilines is 1. The fraction of sp³-hybridized carbons (Fsp3) is 0.316. The lowest BCUT2D eigenvalue weighted by atomic mass is 10.1. The molecule has 3 rings (SSSR count). The Kier molecular flexibility index (Phi) is 7.62. The Morgan fingerprint density at radius 1 is 1.19 bits per heavy atom. The summed E-state index contributed by atoms with van der Waals surface area (Å²) in [4.78, 5) is 4.64. The van der Waals surface area contributed by atoms with Gasteiger partial charge in [-0.1, -0.05) is 11.8 Å². The van der Waals surface area contributed by atoms with Crippen LogP contribution in [0.4, 0.5) is 19.0 Å². The molecule has 2 heterocycles. The van der Waals surface area contributed by atoms with Gasteiger partial charge in [0.05, 0.1) is 12.3 Å². The van der Waals surface area contributed by atoms with Crippen LogP contribution in [-0.4, -0.2) is 52.3 Å². The topological polar surface area (TPSA) is 136 Å². The van der Waals surface area contributed by atoms with Gasteiger partial charge in [-0.15, -0.1) is 0 Å². The standard InChI is InChI=1S/C19H21F3N4O4S/c20-11-3-9(4-12(21)17(11)22)13(23)6-25-7-14-19(30-15(8-27)18(28)29-14)31-10-1-2-26-16(24)5-10/h1-6,14-15,18-19,25,27-28H,7-8,23H2,(H2,24,26)/b13-6-. The van der Waals surface area contributed by atoms with Crippen LogP contribution in [0.1, 0.15) is 5.56 Å². The molecule has 31 heavy (non-hydrogen) atoms. The number of hydrogen-bond acceptors (Lipinski definition) is 9. The maximum atomic E-state index is 13.4. The average molecular weight is 458 g/mol. The molecule has 4 atom stereocenters. The van der Waals surface area contributed by atoms with Crippen molar-refractivity contribution in [2.24, 2.45) is 5.73 Å². The van der Waals surface area contributed by atoms with E-state index in [0.717, 1.165) is 17.0 Å². The summed E-state index contributed by atoms with van der Waals surface area (Å²) in [6.07, 6.45) is -0.219. The molecule has 0 amide bonds. The molecular weight excluding hydrogens is 437 g/mol. The first-order chi connectivity index (χ1) is 14.8. The summed E-state index contributed by atoms with van der Waals surface area (Å²) in [5.41, 5.74) is 10.7. The number of ether oxygens (including phenoxy) is 2. The zero-order chi connectivity index (χ0) is 22.5. The van der Waals surface area contributed by atoms with Gasteiger partial charge in [0.25, 0.3) is 0 Å². The summed E-state index contributed by atoms with van der Waals surface area (Å²) in [5, 5.41) is 22.2. The summed E-state index contributed by atoms with van der Waals surface area (Å²) < 4.78 is 51.2. The quantitative estimate of drug-likeness (QED) is 0.387. The van der Waals surface area contributed by atoms with Crippen molar-refractivity contribution >= 4 is 23.3 Å². The van der Waals surface area contributed by atoms with E-state index in [4.69, 9.17) is 20.9 Å². The number of nitrogens with one attached hydrogen (secondary N) is 1. The molecule has 1 aromatic carbocycles. The van der Waals surface area contributed by atoms with Gasteiger partial charge in [-0.2, -0.15) is 0 Å². The highest BCUT2D eigenvalue weighted by molar-refractivity contribution is 7.99. The highest BCUT2D eigenvalue weighted by atomic mass is 32.2. The van der Waals surface area contributed by atoms with E-state index in [0.29, 0.717) is 5.82 Å². The number of rotatable bonds is 7. The molecule has 1 aliphatic heterocycles. The first-order valence-electron chi connectivity index (χ1n) is 9.10. The van der Waals surface area contributed by atoms with Gasteiger partial charge in [0.1, 0.15) is 23.5 Å². The van der Waals surface area contributed by atoms with Crippen molar-refractivity contribution in [3.8, 4) is 0 Å². The molecule has 7 N–H and O–H groups in total. The van der Waals surface area contributed by atoms with Crippen LogP contribution in [0.3, 0.4) is 0 Å². The predicted octanol–water partition coefficient (Wildman–Crippen LogP) is 1.14. The van der Waals surface area contributed by atoms with Crippen LogP contribution in [0.5, 0.6) is 0 Å². The highest BCUT2D eigenvalue weighted by Crippen LogP contribution is 2.33. The molecule has 12 heteroatoms. The number of benzene rings is 1. The number of thioether (sulfide) groups is 1. The van der Waals surface area contributed by atoms with Crippen molar-refractivity contribution in [1.29, 1.82) is 0 Å². The summed E-state index contributed by atoms with van der Waals surface area (Å²) in [6.45, 7) is -0.369. The predicted molar refractivity (Wildman–Crippen MR) is 108 cm³/mol. The summed E-state index contributed by atoms with van der Waals surface area (Å²) in [6, 6.07) is 4.89. The molecule has 0 saturated carbocycles. The Labute approximate surface area is 180 Å². The van der Waals surface area contributed by atoms with Crippen molar-refractivity contribution in [1.82, 2.24) is 10.3 Å². The fourth-order valence-electron chi connectivity index (χ4n) is 2.77. The third-order valence-electron chi connectivity index (χ3n) is 4.32. The van der Waals surface area contributed by atoms with Gasteiger partial charge in [-0.25, -0.2) is 18.2 Å². The number of aliphatic hydroxyl groups excluding tert-OH is 2. The van der Waals surface area contributed by atoms with Gasteiger partial charge in [0, 0.05) is 29.4 Å². The smallest absolute Gasteiger partial charge is 0.194 e. The summed E-state index contributed by atoms with van der Waals surface area (Å²) >= 11 is 1.25. The minimum absolute atomic E-state index is 0.0468. The van der Waals surface area contributed by atoms with E-state index in [1.165, 1.54) is 24.2 Å². The van der Waals surface area contributed by atoms with E-state index < -0.39 is 48.0 Å². The molecule has 1 fully saturated rings. The molecule has 0 spiro atoms. The Morgan fingerprint density at radius 3 is 2.55 bits per heavy atom. The second kappa shape index (κ2) is 10.2.